The van der Waals surface area contributed by atoms with Crippen molar-refractivity contribution < 1.29 is 18.7 Å². The fourth-order valence-corrected chi connectivity index (χ4v) is 3.47. The summed E-state index contributed by atoms with van der Waals surface area (Å²) < 4.78 is 18.8. The van der Waals surface area contributed by atoms with Crippen LogP contribution in [0, 0.1) is 5.82 Å². The van der Waals surface area contributed by atoms with Gasteiger partial charge in [-0.3, -0.25) is 9.59 Å². The molecule has 1 heterocycles. The maximum atomic E-state index is 13.1. The van der Waals surface area contributed by atoms with Crippen molar-refractivity contribution >= 4 is 17.5 Å². The molecule has 1 saturated carbocycles. The maximum Gasteiger partial charge on any atom is 0.261 e. The predicted octanol–water partition coefficient (Wildman–Crippen LogP) is 3.52. The largest absolute Gasteiger partial charge is 0.484 e. The third kappa shape index (κ3) is 4.32. The van der Waals surface area contributed by atoms with Gasteiger partial charge in [0.05, 0.1) is 0 Å². The Morgan fingerprint density at radius 2 is 1.82 bits per heavy atom. The van der Waals surface area contributed by atoms with Gasteiger partial charge in [-0.15, -0.1) is 0 Å². The normalized spacial score (nSPS) is 16.3. The lowest BCUT2D eigenvalue weighted by Gasteiger charge is -2.23. The topological polar surface area (TPSA) is 49.9 Å². The van der Waals surface area contributed by atoms with Crippen LogP contribution in [0.3, 0.4) is 0 Å². The highest BCUT2D eigenvalue weighted by Crippen LogP contribution is 2.29. The SMILES string of the molecule is O=C1CCCN1c1ccc(OCC(=O)N(Cc2ccc(F)cc2)C2CC2)cc1. The van der Waals surface area contributed by atoms with Crippen molar-refractivity contribution in [3.8, 4) is 5.75 Å². The standard InChI is InChI=1S/C22H23FN2O3/c23-17-5-3-16(4-6-17)14-25(19-7-8-19)22(27)15-28-20-11-9-18(10-12-20)24-13-1-2-21(24)26/h3-6,9-12,19H,1-2,7-8,13-15H2. The van der Waals surface area contributed by atoms with E-state index in [2.05, 4.69) is 0 Å². The van der Waals surface area contributed by atoms with Crippen LogP contribution in [-0.4, -0.2) is 35.9 Å². The lowest BCUT2D eigenvalue weighted by molar-refractivity contribution is -0.134. The zero-order valence-electron chi connectivity index (χ0n) is 15.6. The zero-order valence-corrected chi connectivity index (χ0v) is 15.6. The molecular weight excluding hydrogens is 359 g/mol. The summed E-state index contributed by atoms with van der Waals surface area (Å²) in [6, 6.07) is 13.7. The molecular formula is C22H23FN2O3. The number of amides is 2. The molecule has 0 spiro atoms. The third-order valence-electron chi connectivity index (χ3n) is 5.16. The van der Waals surface area contributed by atoms with Crippen LogP contribution in [0.5, 0.6) is 5.75 Å². The minimum Gasteiger partial charge on any atom is -0.484 e. The molecule has 5 nitrogen and oxygen atoms in total. The van der Waals surface area contributed by atoms with E-state index >= 15 is 0 Å². The van der Waals surface area contributed by atoms with Crippen LogP contribution in [0.1, 0.15) is 31.2 Å². The molecule has 0 unspecified atom stereocenters. The van der Waals surface area contributed by atoms with Crippen molar-refractivity contribution in [3.63, 3.8) is 0 Å². The van der Waals surface area contributed by atoms with Crippen molar-refractivity contribution in [2.45, 2.75) is 38.3 Å². The number of anilines is 1. The van der Waals surface area contributed by atoms with E-state index in [4.69, 9.17) is 4.74 Å². The molecule has 6 heteroatoms. The first kappa shape index (κ1) is 18.5. The van der Waals surface area contributed by atoms with Crippen molar-refractivity contribution in [1.82, 2.24) is 4.90 Å². The van der Waals surface area contributed by atoms with Crippen LogP contribution >= 0.6 is 0 Å². The summed E-state index contributed by atoms with van der Waals surface area (Å²) in [6.07, 6.45) is 3.46. The van der Waals surface area contributed by atoms with Crippen molar-refractivity contribution in [2.75, 3.05) is 18.1 Å². The monoisotopic (exact) mass is 382 g/mol. The van der Waals surface area contributed by atoms with Gasteiger partial charge in [-0.2, -0.15) is 0 Å². The molecule has 0 aromatic heterocycles. The Morgan fingerprint density at radius 3 is 2.43 bits per heavy atom. The van der Waals surface area contributed by atoms with E-state index in [1.54, 1.807) is 29.2 Å². The Kier molecular flexibility index (Phi) is 5.28. The smallest absolute Gasteiger partial charge is 0.261 e. The quantitative estimate of drug-likeness (QED) is 0.736. The highest BCUT2D eigenvalue weighted by atomic mass is 19.1. The van der Waals surface area contributed by atoms with E-state index in [1.165, 1.54) is 12.1 Å². The van der Waals surface area contributed by atoms with E-state index in [9.17, 15) is 14.0 Å². The third-order valence-corrected chi connectivity index (χ3v) is 5.16. The van der Waals surface area contributed by atoms with Gasteiger partial charge in [0.15, 0.2) is 6.61 Å². The van der Waals surface area contributed by atoms with Crippen LogP contribution in [-0.2, 0) is 16.1 Å². The summed E-state index contributed by atoms with van der Waals surface area (Å²) in [7, 11) is 0. The van der Waals surface area contributed by atoms with Crippen molar-refractivity contribution in [3.05, 3.63) is 59.9 Å². The molecule has 0 atom stereocenters. The van der Waals surface area contributed by atoms with Crippen LogP contribution in [0.15, 0.2) is 48.5 Å². The second-order valence-corrected chi connectivity index (χ2v) is 7.31. The predicted molar refractivity (Wildman–Crippen MR) is 103 cm³/mol. The number of carbonyl (C=O) groups excluding carboxylic acids is 2. The van der Waals surface area contributed by atoms with Gasteiger partial charge in [0.25, 0.3) is 5.91 Å². The average Bonchev–Trinajstić information content (AvgIpc) is 3.46. The Morgan fingerprint density at radius 1 is 1.11 bits per heavy atom. The fourth-order valence-electron chi connectivity index (χ4n) is 3.47. The van der Waals surface area contributed by atoms with E-state index in [0.29, 0.717) is 18.7 Å². The first-order valence-electron chi connectivity index (χ1n) is 9.67. The van der Waals surface area contributed by atoms with Crippen LogP contribution < -0.4 is 9.64 Å². The summed E-state index contributed by atoms with van der Waals surface area (Å²) in [4.78, 5) is 28.1. The number of hydrogen-bond donors (Lipinski definition) is 0. The lowest BCUT2D eigenvalue weighted by Crippen LogP contribution is -2.36. The molecule has 28 heavy (non-hydrogen) atoms. The molecule has 4 rings (SSSR count). The first-order valence-corrected chi connectivity index (χ1v) is 9.67. The molecule has 1 aliphatic carbocycles. The Balaban J connectivity index is 1.34. The van der Waals surface area contributed by atoms with Gasteiger partial charge in [0.1, 0.15) is 11.6 Å². The summed E-state index contributed by atoms with van der Waals surface area (Å²) in [5.41, 5.74) is 1.76. The highest BCUT2D eigenvalue weighted by Gasteiger charge is 2.32. The van der Waals surface area contributed by atoms with Gasteiger partial charge < -0.3 is 14.5 Å². The molecule has 2 aromatic rings. The molecule has 0 N–H and O–H groups in total. The number of hydrogen-bond acceptors (Lipinski definition) is 3. The Hall–Kier alpha value is -2.89. The molecule has 0 bridgehead atoms. The van der Waals surface area contributed by atoms with E-state index in [1.807, 2.05) is 17.0 Å². The van der Waals surface area contributed by atoms with Crippen LogP contribution in [0.4, 0.5) is 10.1 Å². The van der Waals surface area contributed by atoms with E-state index in [0.717, 1.165) is 37.1 Å². The molecule has 1 aliphatic heterocycles. The number of benzene rings is 2. The Bertz CT molecular complexity index is 847. The summed E-state index contributed by atoms with van der Waals surface area (Å²) >= 11 is 0. The molecule has 0 radical (unpaired) electrons. The molecule has 146 valence electrons. The zero-order chi connectivity index (χ0) is 19.5. The van der Waals surface area contributed by atoms with Gasteiger partial charge in [0.2, 0.25) is 5.91 Å². The fraction of sp³-hybridized carbons (Fsp3) is 0.364. The van der Waals surface area contributed by atoms with Crippen molar-refractivity contribution in [1.29, 1.82) is 0 Å². The molecule has 2 aliphatic rings. The van der Waals surface area contributed by atoms with Gasteiger partial charge in [-0.05, 0) is 61.2 Å². The molecule has 2 fully saturated rings. The number of halogens is 1. The maximum absolute atomic E-state index is 13.1. The number of ether oxygens (including phenoxy) is 1. The summed E-state index contributed by atoms with van der Waals surface area (Å²) in [5, 5.41) is 0. The van der Waals surface area contributed by atoms with Gasteiger partial charge in [0, 0.05) is 31.2 Å². The second-order valence-electron chi connectivity index (χ2n) is 7.31. The van der Waals surface area contributed by atoms with Crippen molar-refractivity contribution in [2.24, 2.45) is 0 Å². The average molecular weight is 382 g/mol. The van der Waals surface area contributed by atoms with Crippen LogP contribution in [0.2, 0.25) is 0 Å². The molecule has 2 aromatic carbocycles. The summed E-state index contributed by atoms with van der Waals surface area (Å²) in [5.74, 6) is 0.382. The van der Waals surface area contributed by atoms with E-state index in [-0.39, 0.29) is 30.3 Å². The molecule has 2 amide bonds. The number of carbonyl (C=O) groups is 2. The van der Waals surface area contributed by atoms with Crippen LogP contribution in [0.25, 0.3) is 0 Å². The van der Waals surface area contributed by atoms with Gasteiger partial charge in [-0.1, -0.05) is 12.1 Å². The second kappa shape index (κ2) is 8.00. The minimum atomic E-state index is -0.282. The minimum absolute atomic E-state index is 0.0420. The lowest BCUT2D eigenvalue weighted by atomic mass is 10.2. The molecule has 1 saturated heterocycles. The van der Waals surface area contributed by atoms with Gasteiger partial charge in [-0.25, -0.2) is 4.39 Å². The summed E-state index contributed by atoms with van der Waals surface area (Å²) in [6.45, 7) is 1.17. The Labute approximate surface area is 163 Å². The van der Waals surface area contributed by atoms with Gasteiger partial charge >= 0.3 is 0 Å². The highest BCUT2D eigenvalue weighted by molar-refractivity contribution is 5.95. The van der Waals surface area contributed by atoms with E-state index < -0.39 is 0 Å². The number of rotatable bonds is 7. The number of nitrogens with zero attached hydrogens (tertiary/aromatic N) is 2. The first-order chi connectivity index (χ1) is 13.6.